The lowest BCUT2D eigenvalue weighted by Crippen LogP contribution is -3.14. The van der Waals surface area contributed by atoms with E-state index in [9.17, 15) is 0 Å². The minimum atomic E-state index is 0.746. The Labute approximate surface area is 117 Å². The molecule has 0 bridgehead atoms. The van der Waals surface area contributed by atoms with Crippen molar-refractivity contribution in [3.8, 4) is 0 Å². The topological polar surface area (TPSA) is 31.5 Å². The van der Waals surface area contributed by atoms with Crippen LogP contribution in [0, 0.1) is 6.92 Å². The number of nitrogens with one attached hydrogen (secondary N) is 1. The van der Waals surface area contributed by atoms with E-state index in [1.165, 1.54) is 5.52 Å². The average Bonchev–Trinajstić information content (AvgIpc) is 2.72. The minimum Gasteiger partial charge on any atom is -0.370 e. The first-order chi connectivity index (χ1) is 9.24. The Kier molecular flexibility index (Phi) is 3.73. The second-order valence-corrected chi connectivity index (χ2v) is 5.49. The molecule has 1 fully saturated rings. The molecule has 1 aliphatic heterocycles. The fourth-order valence-electron chi connectivity index (χ4n) is 2.69. The largest absolute Gasteiger partial charge is 0.370 e. The highest BCUT2D eigenvalue weighted by atomic mass is 35.5. The molecule has 2 aromatic rings. The third-order valence-electron chi connectivity index (χ3n) is 3.79. The summed E-state index contributed by atoms with van der Waals surface area (Å²) in [5.41, 5.74) is 2.16. The number of nitrogens with zero attached hydrogens (tertiary/aromatic N) is 2. The van der Waals surface area contributed by atoms with Crippen molar-refractivity contribution in [2.75, 3.05) is 32.8 Å². The summed E-state index contributed by atoms with van der Waals surface area (Å²) >= 11 is 6.01. The van der Waals surface area contributed by atoms with E-state index in [4.69, 9.17) is 16.3 Å². The second kappa shape index (κ2) is 5.49. The molecule has 0 radical (unpaired) electrons. The number of rotatable bonds is 3. The van der Waals surface area contributed by atoms with Crippen LogP contribution in [0.2, 0.25) is 5.02 Å². The summed E-state index contributed by atoms with van der Waals surface area (Å²) in [4.78, 5) is 6.19. The van der Waals surface area contributed by atoms with Gasteiger partial charge in [-0.3, -0.25) is 0 Å². The lowest BCUT2D eigenvalue weighted by molar-refractivity contribution is -0.908. The number of aromatic nitrogens is 2. The summed E-state index contributed by atoms with van der Waals surface area (Å²) < 4.78 is 7.68. The van der Waals surface area contributed by atoms with Crippen molar-refractivity contribution in [2.45, 2.75) is 13.5 Å². The molecule has 102 valence electrons. The van der Waals surface area contributed by atoms with Gasteiger partial charge in [0.2, 0.25) is 0 Å². The summed E-state index contributed by atoms with van der Waals surface area (Å²) in [5, 5.41) is 0.746. The highest BCUT2D eigenvalue weighted by Gasteiger charge is 2.15. The monoisotopic (exact) mass is 280 g/mol. The van der Waals surface area contributed by atoms with E-state index in [2.05, 4.69) is 22.5 Å². The number of imidazole rings is 1. The van der Waals surface area contributed by atoms with E-state index in [1.807, 2.05) is 12.1 Å². The van der Waals surface area contributed by atoms with Crippen molar-refractivity contribution in [2.24, 2.45) is 0 Å². The van der Waals surface area contributed by atoms with Gasteiger partial charge in [-0.15, -0.1) is 0 Å². The Morgan fingerprint density at radius 3 is 2.95 bits per heavy atom. The standard InChI is InChI=1S/C14H18ClN3O/c1-11-16-13-10-12(15)2-3-14(13)18(11)5-4-17-6-8-19-9-7-17/h2-3,10H,4-9H2,1H3/p+1. The molecule has 1 aliphatic rings. The van der Waals surface area contributed by atoms with Gasteiger partial charge in [0, 0.05) is 5.02 Å². The summed E-state index contributed by atoms with van der Waals surface area (Å²) in [6, 6.07) is 5.93. The van der Waals surface area contributed by atoms with Gasteiger partial charge < -0.3 is 14.2 Å². The van der Waals surface area contributed by atoms with Gasteiger partial charge in [0.25, 0.3) is 0 Å². The zero-order valence-corrected chi connectivity index (χ0v) is 11.9. The van der Waals surface area contributed by atoms with E-state index in [0.717, 1.165) is 55.8 Å². The first-order valence-corrected chi connectivity index (χ1v) is 7.15. The number of hydrogen-bond donors (Lipinski definition) is 1. The van der Waals surface area contributed by atoms with Crippen molar-refractivity contribution in [3.05, 3.63) is 29.0 Å². The molecule has 5 heteroatoms. The molecular weight excluding hydrogens is 262 g/mol. The van der Waals surface area contributed by atoms with E-state index in [0.29, 0.717) is 0 Å². The van der Waals surface area contributed by atoms with E-state index >= 15 is 0 Å². The van der Waals surface area contributed by atoms with Gasteiger partial charge >= 0.3 is 0 Å². The maximum atomic E-state index is 6.01. The highest BCUT2D eigenvalue weighted by Crippen LogP contribution is 2.19. The van der Waals surface area contributed by atoms with E-state index in [1.54, 1.807) is 4.90 Å². The predicted octanol–water partition coefficient (Wildman–Crippen LogP) is 0.913. The quantitative estimate of drug-likeness (QED) is 0.906. The van der Waals surface area contributed by atoms with Gasteiger partial charge in [0.1, 0.15) is 18.9 Å². The van der Waals surface area contributed by atoms with Crippen LogP contribution in [0.5, 0.6) is 0 Å². The molecule has 0 saturated carbocycles. The van der Waals surface area contributed by atoms with Crippen LogP contribution >= 0.6 is 11.6 Å². The maximum Gasteiger partial charge on any atom is 0.106 e. The number of fused-ring (bicyclic) bond motifs is 1. The fraction of sp³-hybridized carbons (Fsp3) is 0.500. The third-order valence-corrected chi connectivity index (χ3v) is 4.03. The van der Waals surface area contributed by atoms with Crippen LogP contribution in [0.3, 0.4) is 0 Å². The van der Waals surface area contributed by atoms with E-state index < -0.39 is 0 Å². The number of benzene rings is 1. The predicted molar refractivity (Wildman–Crippen MR) is 75.9 cm³/mol. The second-order valence-electron chi connectivity index (χ2n) is 5.06. The molecule has 0 atom stereocenters. The molecule has 1 N–H and O–H groups in total. The van der Waals surface area contributed by atoms with Crippen LogP contribution in [-0.4, -0.2) is 42.4 Å². The van der Waals surface area contributed by atoms with Crippen LogP contribution in [0.1, 0.15) is 5.82 Å². The fourth-order valence-corrected chi connectivity index (χ4v) is 2.85. The zero-order chi connectivity index (χ0) is 13.2. The number of ether oxygens (including phenoxy) is 1. The van der Waals surface area contributed by atoms with Crippen LogP contribution in [0.25, 0.3) is 11.0 Å². The normalized spacial score (nSPS) is 17.2. The Hall–Kier alpha value is -1.10. The molecule has 19 heavy (non-hydrogen) atoms. The number of quaternary nitrogens is 1. The number of aryl methyl sites for hydroxylation is 1. The molecule has 1 aromatic heterocycles. The summed E-state index contributed by atoms with van der Waals surface area (Å²) in [7, 11) is 0. The van der Waals surface area contributed by atoms with Crippen LogP contribution in [-0.2, 0) is 11.3 Å². The lowest BCUT2D eigenvalue weighted by atomic mass is 10.3. The molecule has 0 unspecified atom stereocenters. The van der Waals surface area contributed by atoms with Crippen molar-refractivity contribution in [1.29, 1.82) is 0 Å². The summed E-state index contributed by atoms with van der Waals surface area (Å²) in [5.74, 6) is 1.06. The van der Waals surface area contributed by atoms with Gasteiger partial charge in [-0.2, -0.15) is 0 Å². The molecule has 4 nitrogen and oxygen atoms in total. The smallest absolute Gasteiger partial charge is 0.106 e. The average molecular weight is 281 g/mol. The van der Waals surface area contributed by atoms with Gasteiger partial charge in [-0.25, -0.2) is 4.98 Å². The van der Waals surface area contributed by atoms with Gasteiger partial charge in [-0.1, -0.05) is 11.6 Å². The van der Waals surface area contributed by atoms with Crippen LogP contribution in [0.4, 0.5) is 0 Å². The zero-order valence-electron chi connectivity index (χ0n) is 11.2. The first-order valence-electron chi connectivity index (χ1n) is 6.78. The lowest BCUT2D eigenvalue weighted by Gasteiger charge is -2.24. The van der Waals surface area contributed by atoms with Gasteiger partial charge in [0.15, 0.2) is 0 Å². The molecule has 1 saturated heterocycles. The molecule has 3 rings (SSSR count). The molecule has 2 heterocycles. The molecule has 0 amide bonds. The van der Waals surface area contributed by atoms with Crippen molar-refractivity contribution in [1.82, 2.24) is 9.55 Å². The molecule has 0 aliphatic carbocycles. The Bertz CT molecular complexity index is 575. The van der Waals surface area contributed by atoms with Crippen molar-refractivity contribution < 1.29 is 9.64 Å². The molecular formula is C14H19ClN3O+. The summed E-state index contributed by atoms with van der Waals surface area (Å²) in [6.07, 6.45) is 0. The molecule has 1 aromatic carbocycles. The van der Waals surface area contributed by atoms with E-state index in [-0.39, 0.29) is 0 Å². The highest BCUT2D eigenvalue weighted by molar-refractivity contribution is 6.31. The Morgan fingerprint density at radius 2 is 2.16 bits per heavy atom. The summed E-state index contributed by atoms with van der Waals surface area (Å²) in [6.45, 7) is 8.17. The van der Waals surface area contributed by atoms with Gasteiger partial charge in [-0.05, 0) is 25.1 Å². The van der Waals surface area contributed by atoms with Crippen LogP contribution < -0.4 is 4.90 Å². The number of halogens is 1. The number of hydrogen-bond acceptors (Lipinski definition) is 2. The third kappa shape index (κ3) is 2.76. The van der Waals surface area contributed by atoms with Gasteiger partial charge in [0.05, 0.1) is 37.3 Å². The first kappa shape index (κ1) is 12.9. The van der Waals surface area contributed by atoms with Crippen molar-refractivity contribution >= 4 is 22.6 Å². The SMILES string of the molecule is Cc1nc2cc(Cl)ccc2n1CC[NH+]1CCOCC1. The van der Waals surface area contributed by atoms with Crippen molar-refractivity contribution in [3.63, 3.8) is 0 Å². The van der Waals surface area contributed by atoms with Crippen LogP contribution in [0.15, 0.2) is 18.2 Å². The maximum absolute atomic E-state index is 6.01. The Balaban J connectivity index is 1.78. The number of morpholine rings is 1. The minimum absolute atomic E-state index is 0.746. The molecule has 0 spiro atoms. The Morgan fingerprint density at radius 1 is 1.37 bits per heavy atom.